The van der Waals surface area contributed by atoms with Crippen LogP contribution in [0.5, 0.6) is 0 Å². The molecule has 0 aliphatic carbocycles. The number of aliphatic hydroxyl groups is 1. The predicted octanol–water partition coefficient (Wildman–Crippen LogP) is 3.14. The van der Waals surface area contributed by atoms with E-state index >= 15 is 0 Å². The molecule has 2 aromatic rings. The second-order valence-electron chi connectivity index (χ2n) is 4.58. The van der Waals surface area contributed by atoms with Gasteiger partial charge in [-0.05, 0) is 49.1 Å². The van der Waals surface area contributed by atoms with Crippen molar-refractivity contribution < 1.29 is 15.0 Å². The van der Waals surface area contributed by atoms with Crippen molar-refractivity contribution in [3.8, 4) is 5.69 Å². The number of carbonyl (C=O) groups is 1. The second kappa shape index (κ2) is 6.59. The minimum absolute atomic E-state index is 0.0969. The predicted molar refractivity (Wildman–Crippen MR) is 77.8 cm³/mol. The van der Waals surface area contributed by atoms with E-state index in [0.29, 0.717) is 0 Å². The lowest BCUT2D eigenvalue weighted by Gasteiger charge is -2.05. The number of aromatic carboxylic acids is 1. The maximum atomic E-state index is 11.1. The van der Waals surface area contributed by atoms with E-state index < -0.39 is 5.97 Å². The van der Waals surface area contributed by atoms with Gasteiger partial charge < -0.3 is 14.8 Å². The molecule has 0 aliphatic rings. The summed E-state index contributed by atoms with van der Waals surface area (Å²) >= 11 is 5.85. The normalized spacial score (nSPS) is 10.7. The molecule has 0 fully saturated rings. The summed E-state index contributed by atoms with van der Waals surface area (Å²) in [7, 11) is 0. The Morgan fingerprint density at radius 2 is 2.05 bits per heavy atom. The van der Waals surface area contributed by atoms with Crippen molar-refractivity contribution >= 4 is 17.6 Å². The first-order valence-electron chi connectivity index (χ1n) is 6.43. The van der Waals surface area contributed by atoms with Crippen molar-refractivity contribution in [2.45, 2.75) is 19.3 Å². The number of aryl methyl sites for hydroxylation is 1. The van der Waals surface area contributed by atoms with Crippen LogP contribution in [-0.4, -0.2) is 27.4 Å². The SMILES string of the molecule is O=C(O)c1cc(-n2ccc(CCCCO)c2)ccc1Cl. The molecular formula is C15H16ClNO3. The molecule has 4 nitrogen and oxygen atoms in total. The van der Waals surface area contributed by atoms with E-state index in [9.17, 15) is 4.79 Å². The number of aromatic nitrogens is 1. The van der Waals surface area contributed by atoms with Gasteiger partial charge in [0.15, 0.2) is 0 Å². The number of carboxylic acid groups (broad SMARTS) is 1. The van der Waals surface area contributed by atoms with Crippen LogP contribution in [0, 0.1) is 0 Å². The Morgan fingerprint density at radius 3 is 2.75 bits per heavy atom. The fourth-order valence-electron chi connectivity index (χ4n) is 2.03. The average Bonchev–Trinajstić information content (AvgIpc) is 2.88. The molecule has 2 N–H and O–H groups in total. The van der Waals surface area contributed by atoms with Gasteiger partial charge in [0.2, 0.25) is 0 Å². The average molecular weight is 294 g/mol. The zero-order valence-corrected chi connectivity index (χ0v) is 11.7. The molecule has 0 saturated carbocycles. The van der Waals surface area contributed by atoms with Crippen molar-refractivity contribution in [2.24, 2.45) is 0 Å². The highest BCUT2D eigenvalue weighted by Crippen LogP contribution is 2.21. The molecule has 20 heavy (non-hydrogen) atoms. The maximum Gasteiger partial charge on any atom is 0.337 e. The van der Waals surface area contributed by atoms with Crippen LogP contribution in [0.15, 0.2) is 36.7 Å². The van der Waals surface area contributed by atoms with E-state index in [1.165, 1.54) is 0 Å². The molecule has 0 saturated heterocycles. The third kappa shape index (κ3) is 3.40. The molecule has 0 unspecified atom stereocenters. The molecule has 0 amide bonds. The fraction of sp³-hybridized carbons (Fsp3) is 0.267. The molecule has 0 bridgehead atoms. The maximum absolute atomic E-state index is 11.1. The first-order valence-corrected chi connectivity index (χ1v) is 6.80. The Kier molecular flexibility index (Phi) is 4.82. The summed E-state index contributed by atoms with van der Waals surface area (Å²) in [6, 6.07) is 6.92. The number of rotatable bonds is 6. The van der Waals surface area contributed by atoms with Crippen LogP contribution in [0.2, 0.25) is 5.02 Å². The monoisotopic (exact) mass is 293 g/mol. The topological polar surface area (TPSA) is 62.5 Å². The zero-order valence-electron chi connectivity index (χ0n) is 10.9. The van der Waals surface area contributed by atoms with Crippen LogP contribution in [0.3, 0.4) is 0 Å². The molecule has 0 atom stereocenters. The zero-order chi connectivity index (χ0) is 14.5. The van der Waals surface area contributed by atoms with Gasteiger partial charge in [-0.1, -0.05) is 11.6 Å². The van der Waals surface area contributed by atoms with Crippen LogP contribution >= 0.6 is 11.6 Å². The molecule has 0 radical (unpaired) electrons. The van der Waals surface area contributed by atoms with Gasteiger partial charge in [0.25, 0.3) is 0 Å². The van der Waals surface area contributed by atoms with Gasteiger partial charge in [0, 0.05) is 24.7 Å². The summed E-state index contributed by atoms with van der Waals surface area (Å²) in [5, 5.41) is 18.1. The molecule has 1 aromatic heterocycles. The van der Waals surface area contributed by atoms with Crippen LogP contribution in [0.4, 0.5) is 0 Å². The molecule has 0 spiro atoms. The van der Waals surface area contributed by atoms with Gasteiger partial charge in [-0.15, -0.1) is 0 Å². The number of unbranched alkanes of at least 4 members (excludes halogenated alkanes) is 1. The number of carboxylic acids is 1. The molecular weight excluding hydrogens is 278 g/mol. The highest BCUT2D eigenvalue weighted by atomic mass is 35.5. The lowest BCUT2D eigenvalue weighted by Crippen LogP contribution is -2.00. The lowest BCUT2D eigenvalue weighted by atomic mass is 10.1. The van der Waals surface area contributed by atoms with Crippen molar-refractivity contribution in [1.29, 1.82) is 0 Å². The Hall–Kier alpha value is -1.78. The Bertz CT molecular complexity index is 607. The van der Waals surface area contributed by atoms with Gasteiger partial charge in [-0.25, -0.2) is 4.79 Å². The van der Waals surface area contributed by atoms with E-state index in [1.54, 1.807) is 18.2 Å². The lowest BCUT2D eigenvalue weighted by molar-refractivity contribution is 0.0697. The quantitative estimate of drug-likeness (QED) is 0.804. The summed E-state index contributed by atoms with van der Waals surface area (Å²) < 4.78 is 1.87. The third-order valence-electron chi connectivity index (χ3n) is 3.11. The third-order valence-corrected chi connectivity index (χ3v) is 3.44. The first-order chi connectivity index (χ1) is 9.61. The molecule has 1 heterocycles. The highest BCUT2D eigenvalue weighted by molar-refractivity contribution is 6.33. The first kappa shape index (κ1) is 14.6. The second-order valence-corrected chi connectivity index (χ2v) is 4.98. The minimum atomic E-state index is -1.04. The Labute approximate surface area is 122 Å². The number of benzene rings is 1. The van der Waals surface area contributed by atoms with Gasteiger partial charge in [0.1, 0.15) is 0 Å². The summed E-state index contributed by atoms with van der Waals surface area (Å²) in [6.45, 7) is 0.208. The van der Waals surface area contributed by atoms with Crippen LogP contribution < -0.4 is 0 Å². The molecule has 1 aromatic carbocycles. The van der Waals surface area contributed by atoms with Gasteiger partial charge in [-0.3, -0.25) is 0 Å². The number of nitrogens with zero attached hydrogens (tertiary/aromatic N) is 1. The van der Waals surface area contributed by atoms with Crippen LogP contribution in [0.1, 0.15) is 28.8 Å². The minimum Gasteiger partial charge on any atom is -0.478 e. The summed E-state index contributed by atoms with van der Waals surface area (Å²) in [5.74, 6) is -1.04. The van der Waals surface area contributed by atoms with E-state index in [1.807, 2.05) is 23.0 Å². The number of aliphatic hydroxyl groups excluding tert-OH is 1. The van der Waals surface area contributed by atoms with Crippen LogP contribution in [-0.2, 0) is 6.42 Å². The molecule has 106 valence electrons. The Morgan fingerprint density at radius 1 is 1.25 bits per heavy atom. The summed E-state index contributed by atoms with van der Waals surface area (Å²) in [6.07, 6.45) is 6.47. The van der Waals surface area contributed by atoms with Crippen molar-refractivity contribution in [3.63, 3.8) is 0 Å². The number of hydrogen-bond donors (Lipinski definition) is 2. The summed E-state index contributed by atoms with van der Waals surface area (Å²) in [4.78, 5) is 11.1. The van der Waals surface area contributed by atoms with Gasteiger partial charge in [0.05, 0.1) is 10.6 Å². The highest BCUT2D eigenvalue weighted by Gasteiger charge is 2.10. The smallest absolute Gasteiger partial charge is 0.337 e. The van der Waals surface area contributed by atoms with E-state index in [-0.39, 0.29) is 17.2 Å². The molecule has 2 rings (SSSR count). The number of hydrogen-bond acceptors (Lipinski definition) is 2. The Balaban J connectivity index is 2.19. The van der Waals surface area contributed by atoms with Gasteiger partial charge >= 0.3 is 5.97 Å². The molecule has 5 heteroatoms. The largest absolute Gasteiger partial charge is 0.478 e. The van der Waals surface area contributed by atoms with E-state index in [4.69, 9.17) is 21.8 Å². The van der Waals surface area contributed by atoms with E-state index in [0.717, 1.165) is 30.5 Å². The van der Waals surface area contributed by atoms with E-state index in [2.05, 4.69) is 0 Å². The van der Waals surface area contributed by atoms with Crippen molar-refractivity contribution in [2.75, 3.05) is 6.61 Å². The fourth-order valence-corrected chi connectivity index (χ4v) is 2.23. The van der Waals surface area contributed by atoms with Crippen LogP contribution in [0.25, 0.3) is 5.69 Å². The standard InChI is InChI=1S/C15H16ClNO3/c16-14-5-4-12(9-13(14)15(19)20)17-7-6-11(10-17)3-1-2-8-18/h4-7,9-10,18H,1-3,8H2,(H,19,20). The van der Waals surface area contributed by atoms with Gasteiger partial charge in [-0.2, -0.15) is 0 Å². The molecule has 0 aliphatic heterocycles. The summed E-state index contributed by atoms with van der Waals surface area (Å²) in [5.41, 5.74) is 2.02. The van der Waals surface area contributed by atoms with Crippen molar-refractivity contribution in [1.82, 2.24) is 4.57 Å². The van der Waals surface area contributed by atoms with Crippen molar-refractivity contribution in [3.05, 3.63) is 52.8 Å². The number of halogens is 1.